The summed E-state index contributed by atoms with van der Waals surface area (Å²) in [5.41, 5.74) is 4.38. The van der Waals surface area contributed by atoms with Crippen LogP contribution in [0.3, 0.4) is 0 Å². The lowest BCUT2D eigenvalue weighted by Gasteiger charge is -2.55. The molecular formula is C41H38N8O6. The van der Waals surface area contributed by atoms with E-state index >= 15 is 0 Å². The van der Waals surface area contributed by atoms with Gasteiger partial charge in [-0.25, -0.2) is 9.80 Å². The molecule has 0 saturated carbocycles. The molecule has 2 saturated heterocycles. The number of ether oxygens (including phenoxy) is 1. The highest BCUT2D eigenvalue weighted by Gasteiger charge is 2.51. The zero-order chi connectivity index (χ0) is 37.9. The number of fused-ring (bicyclic) bond motifs is 2. The predicted octanol–water partition coefficient (Wildman–Crippen LogP) is 4.75. The maximum atomic E-state index is 14.6. The molecule has 2 atom stereocenters. The molecule has 3 aromatic heterocycles. The predicted molar refractivity (Wildman–Crippen MR) is 201 cm³/mol. The normalized spacial score (nSPS) is 17.4. The van der Waals surface area contributed by atoms with Crippen molar-refractivity contribution in [1.29, 1.82) is 0 Å². The van der Waals surface area contributed by atoms with Crippen LogP contribution in [0, 0.1) is 0 Å². The maximum absolute atomic E-state index is 14.6. The Hall–Kier alpha value is -6.80. The fraction of sp³-hybridized carbons (Fsp3) is 0.220. The van der Waals surface area contributed by atoms with Crippen molar-refractivity contribution in [2.24, 2.45) is 0 Å². The van der Waals surface area contributed by atoms with Gasteiger partial charge in [-0.2, -0.15) is 5.01 Å². The molecule has 6 aromatic rings. The van der Waals surface area contributed by atoms with Crippen molar-refractivity contribution in [2.75, 3.05) is 20.2 Å². The number of carbonyl (C=O) groups is 3. The number of nitrogens with one attached hydrogen (secondary N) is 1. The summed E-state index contributed by atoms with van der Waals surface area (Å²) in [6.07, 6.45) is 2.60. The zero-order valence-electron chi connectivity index (χ0n) is 30.0. The molecule has 55 heavy (non-hydrogen) atoms. The summed E-state index contributed by atoms with van der Waals surface area (Å²) >= 11 is 0. The lowest BCUT2D eigenvalue weighted by molar-refractivity contribution is -0.193. The minimum atomic E-state index is -0.937. The van der Waals surface area contributed by atoms with Crippen molar-refractivity contribution < 1.29 is 28.8 Å². The topological polar surface area (TPSA) is 157 Å². The number of aromatic hydroxyl groups is 1. The summed E-state index contributed by atoms with van der Waals surface area (Å²) in [6.45, 7) is 0.332. The molecule has 0 bridgehead atoms. The Balaban J connectivity index is 1.15. The van der Waals surface area contributed by atoms with E-state index in [1.54, 1.807) is 76.8 Å². The van der Waals surface area contributed by atoms with Crippen molar-refractivity contribution >= 4 is 28.7 Å². The van der Waals surface area contributed by atoms with Gasteiger partial charge in [-0.3, -0.25) is 19.6 Å². The summed E-state index contributed by atoms with van der Waals surface area (Å²) < 4.78 is 11.0. The maximum Gasteiger partial charge on any atom is 0.334 e. The quantitative estimate of drug-likeness (QED) is 0.201. The Morgan fingerprint density at radius 2 is 1.75 bits per heavy atom. The van der Waals surface area contributed by atoms with Crippen LogP contribution in [0.4, 0.5) is 4.79 Å². The van der Waals surface area contributed by atoms with Gasteiger partial charge in [0.15, 0.2) is 5.76 Å². The van der Waals surface area contributed by atoms with Gasteiger partial charge in [0.2, 0.25) is 11.8 Å². The summed E-state index contributed by atoms with van der Waals surface area (Å²) in [4.78, 5) is 55.5. The number of nitrogens with zero attached hydrogens (tertiary/aromatic N) is 7. The van der Waals surface area contributed by atoms with Crippen LogP contribution >= 0.6 is 0 Å². The minimum Gasteiger partial charge on any atom is -0.508 e. The van der Waals surface area contributed by atoms with E-state index in [0.717, 1.165) is 27.6 Å². The van der Waals surface area contributed by atoms with Gasteiger partial charge in [0.25, 0.3) is 0 Å². The van der Waals surface area contributed by atoms with Crippen LogP contribution in [0.5, 0.6) is 11.5 Å². The fourth-order valence-electron chi connectivity index (χ4n) is 7.24. The van der Waals surface area contributed by atoms with Gasteiger partial charge in [0.05, 0.1) is 44.2 Å². The van der Waals surface area contributed by atoms with Crippen LogP contribution in [0.15, 0.2) is 120 Å². The largest absolute Gasteiger partial charge is 0.508 e. The second-order valence-electron chi connectivity index (χ2n) is 13.4. The highest BCUT2D eigenvalue weighted by molar-refractivity contribution is 5.92. The molecule has 0 aliphatic carbocycles. The third-order valence-electron chi connectivity index (χ3n) is 9.92. The van der Waals surface area contributed by atoms with Crippen molar-refractivity contribution in [3.8, 4) is 22.9 Å². The monoisotopic (exact) mass is 738 g/mol. The number of aromatic nitrogens is 3. The molecule has 0 spiro atoms. The third kappa shape index (κ3) is 7.39. The Labute approximate surface area is 316 Å². The molecule has 8 rings (SSSR count). The summed E-state index contributed by atoms with van der Waals surface area (Å²) in [5, 5.41) is 21.3. The molecule has 2 N–H and O–H groups in total. The summed E-state index contributed by atoms with van der Waals surface area (Å²) in [6, 6.07) is 29.6. The van der Waals surface area contributed by atoms with E-state index in [9.17, 15) is 19.5 Å². The number of carbonyl (C=O) groups excluding carboxylic acids is 3. The first kappa shape index (κ1) is 35.2. The Bertz CT molecular complexity index is 2310. The molecule has 5 heterocycles. The molecule has 14 nitrogen and oxygen atoms in total. The number of pyridine rings is 2. The van der Waals surface area contributed by atoms with Crippen LogP contribution in [0.2, 0.25) is 0 Å². The van der Waals surface area contributed by atoms with Gasteiger partial charge in [0.1, 0.15) is 29.4 Å². The standard InChI is InChI=1S/C41H38N8O6/c1-54-31-16-17-35(43-22-31)36-20-32(55-45-36)24-47-26-39(51)48-37(19-27-12-14-30(50)15-13-27)40(52)46(23-29-9-5-11-34-33(29)10-6-18-42-34)25-38(48)49(47)41(53)44-21-28-7-3-2-4-8-28/h2-18,20,22,37-38,50H,19,21,23-26H2,1H3,(H,44,53)/t37-,38-/m0/s1. The van der Waals surface area contributed by atoms with E-state index in [1.165, 1.54) is 5.01 Å². The van der Waals surface area contributed by atoms with E-state index in [4.69, 9.17) is 9.26 Å². The number of phenols is 1. The molecule has 278 valence electrons. The molecule has 0 radical (unpaired) electrons. The second kappa shape index (κ2) is 15.3. The number of benzene rings is 3. The van der Waals surface area contributed by atoms with Gasteiger partial charge in [-0.05, 0) is 53.1 Å². The number of rotatable bonds is 10. The van der Waals surface area contributed by atoms with Gasteiger partial charge in [-0.15, -0.1) is 0 Å². The molecule has 2 fully saturated rings. The van der Waals surface area contributed by atoms with E-state index < -0.39 is 18.2 Å². The van der Waals surface area contributed by atoms with Gasteiger partial charge in [0, 0.05) is 37.2 Å². The van der Waals surface area contributed by atoms with Crippen LogP contribution in [0.1, 0.15) is 22.5 Å². The molecule has 14 heteroatoms. The number of amides is 4. The Morgan fingerprint density at radius 1 is 0.909 bits per heavy atom. The number of piperazine rings is 1. The van der Waals surface area contributed by atoms with Crippen molar-refractivity contribution in [3.63, 3.8) is 0 Å². The number of hydrogen-bond donors (Lipinski definition) is 2. The first-order valence-electron chi connectivity index (χ1n) is 17.9. The third-order valence-corrected chi connectivity index (χ3v) is 9.92. The van der Waals surface area contributed by atoms with Crippen LogP contribution < -0.4 is 10.1 Å². The van der Waals surface area contributed by atoms with Crippen LogP contribution in [-0.4, -0.2) is 90.3 Å². The second-order valence-corrected chi connectivity index (χ2v) is 13.4. The Kier molecular flexibility index (Phi) is 9.79. The van der Waals surface area contributed by atoms with E-state index in [0.29, 0.717) is 22.9 Å². The number of hydrazine groups is 1. The fourth-order valence-corrected chi connectivity index (χ4v) is 7.24. The number of urea groups is 1. The summed E-state index contributed by atoms with van der Waals surface area (Å²) in [7, 11) is 1.56. The van der Waals surface area contributed by atoms with E-state index in [2.05, 4.69) is 20.4 Å². The average Bonchev–Trinajstić information content (AvgIpc) is 3.68. The average molecular weight is 739 g/mol. The molecule has 0 unspecified atom stereocenters. The smallest absolute Gasteiger partial charge is 0.334 e. The highest BCUT2D eigenvalue weighted by Crippen LogP contribution is 2.32. The molecule has 3 aromatic carbocycles. The van der Waals surface area contributed by atoms with E-state index in [-0.39, 0.29) is 56.7 Å². The molecule has 4 amide bonds. The lowest BCUT2D eigenvalue weighted by atomic mass is 9.98. The Morgan fingerprint density at radius 3 is 2.53 bits per heavy atom. The number of methoxy groups -OCH3 is 1. The highest BCUT2D eigenvalue weighted by atomic mass is 16.5. The van der Waals surface area contributed by atoms with E-state index in [1.807, 2.05) is 60.7 Å². The molecule has 2 aliphatic heterocycles. The minimum absolute atomic E-state index is 0.0313. The van der Waals surface area contributed by atoms with Gasteiger partial charge >= 0.3 is 6.03 Å². The lowest BCUT2D eigenvalue weighted by Crippen LogP contribution is -2.76. The van der Waals surface area contributed by atoms with Crippen molar-refractivity contribution in [1.82, 2.24) is 40.3 Å². The van der Waals surface area contributed by atoms with Crippen molar-refractivity contribution in [2.45, 2.75) is 38.3 Å². The van der Waals surface area contributed by atoms with Crippen LogP contribution in [-0.2, 0) is 35.6 Å². The number of phenolic OH excluding ortho intramolecular Hbond substituents is 1. The first-order chi connectivity index (χ1) is 26.8. The SMILES string of the molecule is COc1ccc(-c2cc(CN3CC(=O)N4[C@@H](Cc5ccc(O)cc5)C(=O)N(Cc5cccc6ncccc56)C[C@@H]4N3C(=O)NCc3ccccc3)on2)nc1. The summed E-state index contributed by atoms with van der Waals surface area (Å²) in [5.74, 6) is 0.527. The van der Waals surface area contributed by atoms with Crippen LogP contribution in [0.25, 0.3) is 22.3 Å². The number of hydrogen-bond acceptors (Lipinski definition) is 10. The zero-order valence-corrected chi connectivity index (χ0v) is 30.0. The molecule has 2 aliphatic rings. The van der Waals surface area contributed by atoms with Gasteiger partial charge < -0.3 is 29.5 Å². The van der Waals surface area contributed by atoms with Crippen molar-refractivity contribution in [3.05, 3.63) is 138 Å². The molecular weight excluding hydrogens is 701 g/mol. The first-order valence-corrected chi connectivity index (χ1v) is 17.9. The van der Waals surface area contributed by atoms with Gasteiger partial charge in [-0.1, -0.05) is 65.8 Å².